The van der Waals surface area contributed by atoms with Crippen molar-refractivity contribution in [2.45, 2.75) is 33.4 Å². The number of halogens is 1. The molecule has 0 aliphatic heterocycles. The monoisotopic (exact) mass is 412 g/mol. The zero-order valence-electron chi connectivity index (χ0n) is 16.3. The smallest absolute Gasteiger partial charge is 0.348 e. The van der Waals surface area contributed by atoms with Crippen LogP contribution in [0.15, 0.2) is 58.1 Å². The van der Waals surface area contributed by atoms with Gasteiger partial charge in [0.25, 0.3) is 11.5 Å². The number of aryl methyl sites for hydroxylation is 1. The standard InChI is InChI=1S/C21H21ClN4O3/c1-13(2)23-19(27)18-20(28)25(12-15-9-7-14(3)8-10-15)21(29)26(24-18)17-6-4-5-16(22)11-17/h4-11,13H,12H2,1-3H3,(H,23,27). The number of aromatic nitrogens is 3. The first-order chi connectivity index (χ1) is 13.8. The van der Waals surface area contributed by atoms with Crippen LogP contribution in [-0.2, 0) is 6.54 Å². The van der Waals surface area contributed by atoms with Crippen LogP contribution < -0.4 is 16.6 Å². The average Bonchev–Trinajstić information content (AvgIpc) is 2.66. The van der Waals surface area contributed by atoms with Crippen molar-refractivity contribution >= 4 is 17.5 Å². The van der Waals surface area contributed by atoms with E-state index in [9.17, 15) is 14.4 Å². The van der Waals surface area contributed by atoms with Crippen molar-refractivity contribution < 1.29 is 4.79 Å². The quantitative estimate of drug-likeness (QED) is 0.697. The minimum Gasteiger partial charge on any atom is -0.348 e. The number of nitrogens with zero attached hydrogens (tertiary/aromatic N) is 3. The van der Waals surface area contributed by atoms with Crippen LogP contribution in [0.4, 0.5) is 0 Å². The van der Waals surface area contributed by atoms with Gasteiger partial charge in [-0.15, -0.1) is 0 Å². The Balaban J connectivity index is 2.21. The summed E-state index contributed by atoms with van der Waals surface area (Å²) in [7, 11) is 0. The Hall–Kier alpha value is -3.19. The first kappa shape index (κ1) is 20.5. The molecule has 2 aromatic carbocycles. The fourth-order valence-electron chi connectivity index (χ4n) is 2.78. The van der Waals surface area contributed by atoms with Crippen LogP contribution in [-0.4, -0.2) is 26.3 Å². The maximum atomic E-state index is 13.1. The molecule has 0 saturated heterocycles. The highest BCUT2D eigenvalue weighted by Gasteiger charge is 2.21. The summed E-state index contributed by atoms with van der Waals surface area (Å²) in [5.74, 6) is -0.640. The zero-order chi connectivity index (χ0) is 21.1. The van der Waals surface area contributed by atoms with Gasteiger partial charge in [-0.05, 0) is 44.5 Å². The molecule has 0 spiro atoms. The SMILES string of the molecule is Cc1ccc(Cn2c(=O)c(C(=O)NC(C)C)nn(-c3cccc(Cl)c3)c2=O)cc1. The average molecular weight is 413 g/mol. The molecule has 150 valence electrons. The van der Waals surface area contributed by atoms with Crippen molar-refractivity contribution in [1.82, 2.24) is 19.7 Å². The molecule has 0 fully saturated rings. The van der Waals surface area contributed by atoms with E-state index in [-0.39, 0.29) is 18.3 Å². The summed E-state index contributed by atoms with van der Waals surface area (Å²) in [5, 5.41) is 7.11. The Morgan fingerprint density at radius 3 is 2.45 bits per heavy atom. The van der Waals surface area contributed by atoms with Gasteiger partial charge in [-0.25, -0.2) is 4.79 Å². The summed E-state index contributed by atoms with van der Waals surface area (Å²) in [4.78, 5) is 38.6. The van der Waals surface area contributed by atoms with Crippen LogP contribution in [0.1, 0.15) is 35.5 Å². The van der Waals surface area contributed by atoms with E-state index in [0.717, 1.165) is 20.4 Å². The molecule has 1 aromatic heterocycles. The van der Waals surface area contributed by atoms with Crippen molar-refractivity contribution in [3.05, 3.63) is 91.2 Å². The number of rotatable bonds is 5. The van der Waals surface area contributed by atoms with Crippen molar-refractivity contribution in [3.8, 4) is 5.69 Å². The summed E-state index contributed by atoms with van der Waals surface area (Å²) in [6, 6.07) is 13.7. The van der Waals surface area contributed by atoms with Gasteiger partial charge in [0.15, 0.2) is 0 Å². The molecule has 1 amide bonds. The first-order valence-electron chi connectivity index (χ1n) is 9.13. The van der Waals surface area contributed by atoms with Gasteiger partial charge >= 0.3 is 5.69 Å². The summed E-state index contributed by atoms with van der Waals surface area (Å²) in [6.07, 6.45) is 0. The Morgan fingerprint density at radius 2 is 1.83 bits per heavy atom. The molecule has 0 aliphatic carbocycles. The normalized spacial score (nSPS) is 10.9. The van der Waals surface area contributed by atoms with Gasteiger partial charge in [-0.3, -0.25) is 14.2 Å². The molecule has 7 nitrogen and oxygen atoms in total. The van der Waals surface area contributed by atoms with Gasteiger partial charge in [0.05, 0.1) is 12.2 Å². The lowest BCUT2D eigenvalue weighted by Gasteiger charge is -2.13. The van der Waals surface area contributed by atoms with Crippen molar-refractivity contribution in [1.29, 1.82) is 0 Å². The fourth-order valence-corrected chi connectivity index (χ4v) is 2.96. The molecule has 0 radical (unpaired) electrons. The maximum absolute atomic E-state index is 13.1. The van der Waals surface area contributed by atoms with Crippen LogP contribution in [0, 0.1) is 6.92 Å². The number of carbonyl (C=O) groups is 1. The largest absolute Gasteiger partial charge is 0.352 e. The van der Waals surface area contributed by atoms with Gasteiger partial charge in [-0.1, -0.05) is 47.5 Å². The number of hydrogen-bond acceptors (Lipinski definition) is 4. The molecule has 0 aliphatic rings. The Labute approximate surface area is 172 Å². The number of nitrogens with one attached hydrogen (secondary N) is 1. The van der Waals surface area contributed by atoms with Crippen molar-refractivity contribution in [2.75, 3.05) is 0 Å². The van der Waals surface area contributed by atoms with Crippen molar-refractivity contribution in [2.24, 2.45) is 0 Å². The molecule has 0 unspecified atom stereocenters. The van der Waals surface area contributed by atoms with Crippen molar-refractivity contribution in [3.63, 3.8) is 0 Å². The molecule has 29 heavy (non-hydrogen) atoms. The Kier molecular flexibility index (Phi) is 5.98. The van der Waals surface area contributed by atoms with Crippen LogP contribution in [0.2, 0.25) is 5.02 Å². The summed E-state index contributed by atoms with van der Waals surface area (Å²) >= 11 is 6.04. The van der Waals surface area contributed by atoms with Gasteiger partial charge in [0.1, 0.15) is 0 Å². The highest BCUT2D eigenvalue weighted by atomic mass is 35.5. The lowest BCUT2D eigenvalue weighted by molar-refractivity contribution is 0.0933. The molecule has 0 saturated carbocycles. The van der Waals surface area contributed by atoms with Gasteiger partial charge in [0, 0.05) is 11.1 Å². The third kappa shape index (κ3) is 4.63. The predicted octanol–water partition coefficient (Wildman–Crippen LogP) is 2.54. The Bertz CT molecular complexity index is 1160. The second-order valence-electron chi connectivity index (χ2n) is 7.03. The number of carbonyl (C=O) groups excluding carboxylic acids is 1. The van der Waals surface area contributed by atoms with E-state index in [1.54, 1.807) is 38.1 Å². The molecular formula is C21H21ClN4O3. The van der Waals surface area contributed by atoms with Crippen LogP contribution >= 0.6 is 11.6 Å². The van der Waals surface area contributed by atoms with E-state index in [1.807, 2.05) is 31.2 Å². The molecule has 0 bridgehead atoms. The lowest BCUT2D eigenvalue weighted by Crippen LogP contribution is -2.46. The first-order valence-corrected chi connectivity index (χ1v) is 9.50. The summed E-state index contributed by atoms with van der Waals surface area (Å²) in [5.41, 5.74) is 0.424. The molecule has 3 aromatic rings. The summed E-state index contributed by atoms with van der Waals surface area (Å²) < 4.78 is 2.03. The lowest BCUT2D eigenvalue weighted by atomic mass is 10.1. The van der Waals surface area contributed by atoms with E-state index in [1.165, 1.54) is 0 Å². The predicted molar refractivity (Wildman–Crippen MR) is 112 cm³/mol. The molecular weight excluding hydrogens is 392 g/mol. The third-order valence-corrected chi connectivity index (χ3v) is 4.44. The van der Waals surface area contributed by atoms with Gasteiger partial charge < -0.3 is 5.32 Å². The van der Waals surface area contributed by atoms with E-state index in [2.05, 4.69) is 10.4 Å². The van der Waals surface area contributed by atoms with E-state index in [4.69, 9.17) is 11.6 Å². The number of benzene rings is 2. The summed E-state index contributed by atoms with van der Waals surface area (Å²) in [6.45, 7) is 5.51. The minimum atomic E-state index is -0.744. The van der Waals surface area contributed by atoms with Crippen LogP contribution in [0.25, 0.3) is 5.69 Å². The van der Waals surface area contributed by atoms with Gasteiger partial charge in [0.2, 0.25) is 5.69 Å². The highest BCUT2D eigenvalue weighted by Crippen LogP contribution is 2.12. The number of amides is 1. The van der Waals surface area contributed by atoms with Gasteiger partial charge in [-0.2, -0.15) is 9.78 Å². The molecule has 1 N–H and O–H groups in total. The van der Waals surface area contributed by atoms with E-state index < -0.39 is 17.2 Å². The molecule has 8 heteroatoms. The molecule has 3 rings (SSSR count). The molecule has 0 atom stereocenters. The Morgan fingerprint density at radius 1 is 1.14 bits per heavy atom. The van der Waals surface area contributed by atoms with E-state index in [0.29, 0.717) is 10.7 Å². The maximum Gasteiger partial charge on any atom is 0.352 e. The highest BCUT2D eigenvalue weighted by molar-refractivity contribution is 6.30. The minimum absolute atomic E-state index is 0.0169. The number of hydrogen-bond donors (Lipinski definition) is 1. The van der Waals surface area contributed by atoms with Crippen LogP contribution in [0.5, 0.6) is 0 Å². The zero-order valence-corrected chi connectivity index (χ0v) is 17.1. The third-order valence-electron chi connectivity index (χ3n) is 4.21. The second kappa shape index (κ2) is 8.45. The van der Waals surface area contributed by atoms with Crippen LogP contribution in [0.3, 0.4) is 0 Å². The van der Waals surface area contributed by atoms with E-state index >= 15 is 0 Å². The molecule has 1 heterocycles. The topological polar surface area (TPSA) is 86.0 Å². The fraction of sp³-hybridized carbons (Fsp3) is 0.238. The second-order valence-corrected chi connectivity index (χ2v) is 7.46.